The minimum absolute atomic E-state index is 0. The van der Waals surface area contributed by atoms with Crippen LogP contribution in [0, 0.1) is 0 Å². The quantitative estimate of drug-likeness (QED) is 0.741. The Morgan fingerprint density at radius 2 is 1.85 bits per heavy atom. The van der Waals surface area contributed by atoms with Crippen LogP contribution < -0.4 is 5.32 Å². The van der Waals surface area contributed by atoms with Gasteiger partial charge in [-0.15, -0.1) is 24.8 Å². The van der Waals surface area contributed by atoms with E-state index >= 15 is 0 Å². The molecule has 0 aliphatic carbocycles. The summed E-state index contributed by atoms with van der Waals surface area (Å²) in [5, 5.41) is 2.68. The molecule has 0 aromatic rings. The van der Waals surface area contributed by atoms with E-state index in [-0.39, 0.29) is 31.4 Å². The highest BCUT2D eigenvalue weighted by molar-refractivity contribution is 5.85. The van der Waals surface area contributed by atoms with Crippen molar-refractivity contribution >= 4 is 24.8 Å². The fourth-order valence-corrected chi connectivity index (χ4v) is 1.46. The van der Waals surface area contributed by atoms with Crippen molar-refractivity contribution in [3.63, 3.8) is 0 Å². The molecule has 1 aliphatic rings. The summed E-state index contributed by atoms with van der Waals surface area (Å²) in [6.45, 7) is 0.508. The van der Waals surface area contributed by atoms with Gasteiger partial charge in [-0.25, -0.2) is 8.78 Å². The molecule has 0 spiro atoms. The summed E-state index contributed by atoms with van der Waals surface area (Å²) in [6, 6.07) is -0.594. The van der Waals surface area contributed by atoms with Gasteiger partial charge in [0.1, 0.15) is 0 Å². The molecule has 1 atom stereocenters. The van der Waals surface area contributed by atoms with Crippen LogP contribution in [0.25, 0.3) is 0 Å². The second kappa shape index (κ2) is 5.96. The Morgan fingerprint density at radius 3 is 2.15 bits per heavy atom. The summed E-state index contributed by atoms with van der Waals surface area (Å²) in [5.41, 5.74) is 0. The Morgan fingerprint density at radius 1 is 1.31 bits per heavy atom. The van der Waals surface area contributed by atoms with Crippen molar-refractivity contribution in [1.82, 2.24) is 10.2 Å². The van der Waals surface area contributed by atoms with Crippen LogP contribution in [-0.2, 0) is 0 Å². The summed E-state index contributed by atoms with van der Waals surface area (Å²) < 4.78 is 26.0. The van der Waals surface area contributed by atoms with E-state index in [2.05, 4.69) is 5.32 Å². The number of alkyl halides is 2. The van der Waals surface area contributed by atoms with Gasteiger partial charge in [-0.3, -0.25) is 0 Å². The van der Waals surface area contributed by atoms with Crippen LogP contribution in [0.15, 0.2) is 0 Å². The standard InChI is InChI=1S/C7H14F2N2.2ClH/c1-11(2)6-3-4-10-5-7(6,8)9;;/h6,10H,3-5H2,1-2H3;2*1H. The minimum Gasteiger partial charge on any atom is -0.311 e. The van der Waals surface area contributed by atoms with E-state index in [1.165, 1.54) is 0 Å². The lowest BCUT2D eigenvalue weighted by Gasteiger charge is -2.35. The lowest BCUT2D eigenvalue weighted by molar-refractivity contribution is -0.0829. The van der Waals surface area contributed by atoms with Gasteiger partial charge in [-0.2, -0.15) is 0 Å². The third kappa shape index (κ3) is 3.94. The van der Waals surface area contributed by atoms with Crippen molar-refractivity contribution in [2.75, 3.05) is 27.2 Å². The molecule has 0 amide bonds. The fraction of sp³-hybridized carbons (Fsp3) is 1.00. The van der Waals surface area contributed by atoms with Crippen molar-refractivity contribution in [2.45, 2.75) is 18.4 Å². The maximum Gasteiger partial charge on any atom is 0.275 e. The first-order valence-electron chi connectivity index (χ1n) is 3.79. The van der Waals surface area contributed by atoms with Gasteiger partial charge in [-0.1, -0.05) is 0 Å². The number of nitrogens with one attached hydrogen (secondary N) is 1. The van der Waals surface area contributed by atoms with Crippen molar-refractivity contribution < 1.29 is 8.78 Å². The molecule has 0 radical (unpaired) electrons. The van der Waals surface area contributed by atoms with Gasteiger partial charge in [0, 0.05) is 0 Å². The monoisotopic (exact) mass is 236 g/mol. The average molecular weight is 237 g/mol. The van der Waals surface area contributed by atoms with Crippen LogP contribution in [0.1, 0.15) is 6.42 Å². The van der Waals surface area contributed by atoms with E-state index in [9.17, 15) is 8.78 Å². The zero-order valence-corrected chi connectivity index (χ0v) is 9.35. The number of halogens is 4. The summed E-state index contributed by atoms with van der Waals surface area (Å²) in [5.74, 6) is -2.57. The van der Waals surface area contributed by atoms with Crippen molar-refractivity contribution in [2.24, 2.45) is 0 Å². The minimum atomic E-state index is -2.57. The Balaban J connectivity index is 0. The lowest BCUT2D eigenvalue weighted by atomic mass is 10.0. The molecule has 6 heteroatoms. The van der Waals surface area contributed by atoms with Gasteiger partial charge in [0.2, 0.25) is 0 Å². The maximum absolute atomic E-state index is 13.0. The molecule has 0 bridgehead atoms. The van der Waals surface area contributed by atoms with Gasteiger partial charge < -0.3 is 10.2 Å². The Labute approximate surface area is 89.9 Å². The highest BCUT2D eigenvalue weighted by Crippen LogP contribution is 2.25. The molecule has 1 N–H and O–H groups in total. The Hall–Kier alpha value is 0.360. The largest absolute Gasteiger partial charge is 0.311 e. The van der Waals surface area contributed by atoms with Crippen LogP contribution >= 0.6 is 24.8 Å². The molecule has 82 valence electrons. The first kappa shape index (κ1) is 15.8. The topological polar surface area (TPSA) is 15.3 Å². The molecule has 1 aliphatic heterocycles. The van der Waals surface area contributed by atoms with E-state index in [1.807, 2.05) is 0 Å². The molecular weight excluding hydrogens is 221 g/mol. The molecule has 0 aromatic carbocycles. The van der Waals surface area contributed by atoms with Gasteiger partial charge in [0.15, 0.2) is 0 Å². The SMILES string of the molecule is CN(C)C1CCNCC1(F)F.Cl.Cl. The normalized spacial score (nSPS) is 26.1. The molecule has 1 heterocycles. The van der Waals surface area contributed by atoms with Gasteiger partial charge in [0.05, 0.1) is 12.6 Å². The molecule has 1 fully saturated rings. The van der Waals surface area contributed by atoms with Crippen molar-refractivity contribution in [3.05, 3.63) is 0 Å². The molecule has 2 nitrogen and oxygen atoms in total. The maximum atomic E-state index is 13.0. The van der Waals surface area contributed by atoms with Crippen LogP contribution in [0.2, 0.25) is 0 Å². The third-order valence-corrected chi connectivity index (χ3v) is 2.07. The van der Waals surface area contributed by atoms with Crippen LogP contribution in [0.4, 0.5) is 8.78 Å². The zero-order chi connectivity index (χ0) is 8.48. The van der Waals surface area contributed by atoms with Crippen LogP contribution in [-0.4, -0.2) is 44.0 Å². The molecule has 1 saturated heterocycles. The van der Waals surface area contributed by atoms with Crippen LogP contribution in [0.3, 0.4) is 0 Å². The number of rotatable bonds is 1. The Bertz CT molecular complexity index is 144. The summed E-state index contributed by atoms with van der Waals surface area (Å²) >= 11 is 0. The second-order valence-corrected chi connectivity index (χ2v) is 3.21. The zero-order valence-electron chi connectivity index (χ0n) is 7.72. The second-order valence-electron chi connectivity index (χ2n) is 3.21. The highest BCUT2D eigenvalue weighted by atomic mass is 35.5. The van der Waals surface area contributed by atoms with E-state index in [0.717, 1.165) is 0 Å². The molecule has 1 rings (SSSR count). The molecular formula is C7H16Cl2F2N2. The van der Waals surface area contributed by atoms with E-state index in [0.29, 0.717) is 13.0 Å². The van der Waals surface area contributed by atoms with Gasteiger partial charge >= 0.3 is 0 Å². The number of piperidine rings is 1. The molecule has 1 unspecified atom stereocenters. The Kier molecular flexibility index (Phi) is 7.25. The molecule has 0 aromatic heterocycles. The first-order valence-corrected chi connectivity index (χ1v) is 3.79. The predicted octanol–water partition coefficient (Wildman–Crippen LogP) is 1.39. The van der Waals surface area contributed by atoms with E-state index in [4.69, 9.17) is 0 Å². The first-order chi connectivity index (χ1) is 5.04. The number of hydrogen-bond donors (Lipinski definition) is 1. The lowest BCUT2D eigenvalue weighted by Crippen LogP contribution is -2.55. The molecule has 0 saturated carbocycles. The summed E-state index contributed by atoms with van der Waals surface area (Å²) in [4.78, 5) is 1.60. The average Bonchev–Trinajstić information content (AvgIpc) is 1.85. The number of nitrogens with zero attached hydrogens (tertiary/aromatic N) is 1. The fourth-order valence-electron chi connectivity index (χ4n) is 1.46. The molecule has 13 heavy (non-hydrogen) atoms. The van der Waals surface area contributed by atoms with Gasteiger partial charge in [-0.05, 0) is 27.1 Å². The smallest absolute Gasteiger partial charge is 0.275 e. The summed E-state index contributed by atoms with van der Waals surface area (Å²) in [7, 11) is 3.40. The number of hydrogen-bond acceptors (Lipinski definition) is 2. The van der Waals surface area contributed by atoms with Gasteiger partial charge in [0.25, 0.3) is 5.92 Å². The van der Waals surface area contributed by atoms with Crippen molar-refractivity contribution in [1.29, 1.82) is 0 Å². The van der Waals surface area contributed by atoms with Crippen molar-refractivity contribution in [3.8, 4) is 0 Å². The highest BCUT2D eigenvalue weighted by Gasteiger charge is 2.42. The van der Waals surface area contributed by atoms with Crippen LogP contribution in [0.5, 0.6) is 0 Å². The third-order valence-electron chi connectivity index (χ3n) is 2.07. The predicted molar refractivity (Wildman–Crippen MR) is 54.4 cm³/mol. The summed E-state index contributed by atoms with van der Waals surface area (Å²) in [6.07, 6.45) is 0.528. The van der Waals surface area contributed by atoms with E-state index < -0.39 is 12.0 Å². The van der Waals surface area contributed by atoms with E-state index in [1.54, 1.807) is 19.0 Å².